The van der Waals surface area contributed by atoms with Gasteiger partial charge in [0.25, 0.3) is 5.91 Å². The van der Waals surface area contributed by atoms with E-state index in [0.717, 1.165) is 0 Å². The van der Waals surface area contributed by atoms with Gasteiger partial charge in [-0.2, -0.15) is 4.99 Å². The molecule has 1 unspecified atom stereocenters. The van der Waals surface area contributed by atoms with Crippen LogP contribution in [0.3, 0.4) is 0 Å². The zero-order valence-electron chi connectivity index (χ0n) is 13.7. The Balaban J connectivity index is 1.77. The van der Waals surface area contributed by atoms with Gasteiger partial charge in [0.2, 0.25) is 5.84 Å². The summed E-state index contributed by atoms with van der Waals surface area (Å²) < 4.78 is 25.3. The molecule has 0 saturated carbocycles. The van der Waals surface area contributed by atoms with Crippen molar-refractivity contribution in [2.45, 2.75) is 11.8 Å². The normalized spacial score (nSPS) is 20.2. The molecule has 0 saturated heterocycles. The molecule has 4 rings (SSSR count). The summed E-state index contributed by atoms with van der Waals surface area (Å²) in [5, 5.41) is 2.87. The van der Waals surface area contributed by atoms with E-state index in [1.165, 1.54) is 0 Å². The Morgan fingerprint density at radius 1 is 1.19 bits per heavy atom. The van der Waals surface area contributed by atoms with Gasteiger partial charge in [0, 0.05) is 13.0 Å². The number of fused-ring (bicyclic) bond motifs is 3. The average Bonchev–Trinajstić information content (AvgIpc) is 2.91. The lowest BCUT2D eigenvalue weighted by molar-refractivity contribution is -0.684. The number of amides is 1. The van der Waals surface area contributed by atoms with Crippen LogP contribution in [0.15, 0.2) is 63.7 Å². The van der Waals surface area contributed by atoms with Crippen molar-refractivity contribution in [3.05, 3.63) is 59.0 Å². The monoisotopic (exact) mass is 389 g/mol. The third-order valence-electron chi connectivity index (χ3n) is 4.23. The Kier molecular flexibility index (Phi) is 3.91. The minimum absolute atomic E-state index is 0.0948. The first-order chi connectivity index (χ1) is 12.4. The predicted octanol–water partition coefficient (Wildman–Crippen LogP) is 1.32. The van der Waals surface area contributed by atoms with Crippen LogP contribution in [0.1, 0.15) is 6.92 Å². The molecule has 1 atom stereocenters. The number of amidine groups is 1. The van der Waals surface area contributed by atoms with Gasteiger partial charge in [-0.1, -0.05) is 29.8 Å². The van der Waals surface area contributed by atoms with E-state index in [2.05, 4.69) is 15.3 Å². The number of anilines is 1. The molecule has 2 N–H and O–H groups in total. The summed E-state index contributed by atoms with van der Waals surface area (Å²) in [6, 6.07) is 11.6. The highest BCUT2D eigenvalue weighted by molar-refractivity contribution is 7.91. The number of quaternary nitrogens is 1. The molecule has 0 radical (unpaired) electrons. The maximum atomic E-state index is 12.7. The number of aromatic nitrogens is 1. The van der Waals surface area contributed by atoms with Crippen LogP contribution in [-0.2, 0) is 14.6 Å². The molecule has 1 amide bonds. The Bertz CT molecular complexity index is 1110. The SMILES string of the molecule is CC1=NC(C(=O)Nc2cccc(Cl)n2)=C2CS(=O)(=O)c3ccccc3[NH+]12. The van der Waals surface area contributed by atoms with Crippen molar-refractivity contribution in [3.63, 3.8) is 0 Å². The summed E-state index contributed by atoms with van der Waals surface area (Å²) in [6.45, 7) is 1.77. The van der Waals surface area contributed by atoms with Crippen LogP contribution in [0.2, 0.25) is 5.15 Å². The fourth-order valence-electron chi connectivity index (χ4n) is 3.18. The molecule has 1 aromatic heterocycles. The fraction of sp³-hybridized carbons (Fsp3) is 0.118. The van der Waals surface area contributed by atoms with Crippen molar-refractivity contribution in [1.29, 1.82) is 0 Å². The zero-order chi connectivity index (χ0) is 18.5. The first-order valence-electron chi connectivity index (χ1n) is 7.79. The van der Waals surface area contributed by atoms with Crippen LogP contribution in [0.5, 0.6) is 0 Å². The van der Waals surface area contributed by atoms with Gasteiger partial charge in [-0.25, -0.2) is 18.3 Å². The van der Waals surface area contributed by atoms with Crippen LogP contribution >= 0.6 is 11.6 Å². The molecule has 132 valence electrons. The number of nitrogens with zero attached hydrogens (tertiary/aromatic N) is 2. The summed E-state index contributed by atoms with van der Waals surface area (Å²) in [5.74, 6) is 0.118. The lowest BCUT2D eigenvalue weighted by Gasteiger charge is -2.23. The van der Waals surface area contributed by atoms with E-state index in [0.29, 0.717) is 22.1 Å². The van der Waals surface area contributed by atoms with Gasteiger partial charge in [-0.3, -0.25) is 4.79 Å². The highest BCUT2D eigenvalue weighted by Gasteiger charge is 2.45. The molecule has 2 aromatic rings. The van der Waals surface area contributed by atoms with Crippen molar-refractivity contribution in [2.75, 3.05) is 11.1 Å². The molecular weight excluding hydrogens is 376 g/mol. The molecule has 0 aliphatic carbocycles. The Morgan fingerprint density at radius 3 is 2.73 bits per heavy atom. The van der Waals surface area contributed by atoms with E-state index in [1.54, 1.807) is 49.4 Å². The molecular formula is C17H14ClN4O3S+. The highest BCUT2D eigenvalue weighted by atomic mass is 35.5. The van der Waals surface area contributed by atoms with Crippen LogP contribution in [-0.4, -0.2) is 30.9 Å². The maximum Gasteiger partial charge on any atom is 0.281 e. The second-order valence-corrected chi connectivity index (χ2v) is 8.30. The highest BCUT2D eigenvalue weighted by Crippen LogP contribution is 2.28. The second kappa shape index (κ2) is 6.01. The summed E-state index contributed by atoms with van der Waals surface area (Å²) in [6.07, 6.45) is 0. The number of sulfone groups is 1. The summed E-state index contributed by atoms with van der Waals surface area (Å²) >= 11 is 5.83. The smallest absolute Gasteiger partial charge is 0.281 e. The molecule has 26 heavy (non-hydrogen) atoms. The van der Waals surface area contributed by atoms with Gasteiger partial charge in [-0.15, -0.1) is 0 Å². The van der Waals surface area contributed by atoms with Gasteiger partial charge in [0.05, 0.1) is 0 Å². The largest absolute Gasteiger partial charge is 0.305 e. The predicted molar refractivity (Wildman–Crippen MR) is 97.1 cm³/mol. The number of hydrogen-bond acceptors (Lipinski definition) is 5. The molecule has 0 bridgehead atoms. The number of carbonyl (C=O) groups is 1. The number of nitrogens with one attached hydrogen (secondary N) is 2. The van der Waals surface area contributed by atoms with E-state index in [-0.39, 0.29) is 27.3 Å². The molecule has 3 heterocycles. The molecule has 2 aliphatic rings. The fourth-order valence-corrected chi connectivity index (χ4v) is 4.95. The van der Waals surface area contributed by atoms with Gasteiger partial charge in [0.1, 0.15) is 21.6 Å². The van der Waals surface area contributed by atoms with Crippen LogP contribution in [0.25, 0.3) is 0 Å². The van der Waals surface area contributed by atoms with Crippen molar-refractivity contribution < 1.29 is 18.1 Å². The third-order valence-corrected chi connectivity index (χ3v) is 6.13. The Labute approximate surface area is 154 Å². The number of rotatable bonds is 2. The molecule has 0 fully saturated rings. The Morgan fingerprint density at radius 2 is 1.96 bits per heavy atom. The first kappa shape index (κ1) is 16.9. The topological polar surface area (TPSA) is 92.9 Å². The number of aliphatic imine (C=N–C) groups is 1. The lowest BCUT2D eigenvalue weighted by Crippen LogP contribution is -3.08. The van der Waals surface area contributed by atoms with Crippen molar-refractivity contribution >= 4 is 44.7 Å². The summed E-state index contributed by atoms with van der Waals surface area (Å²) in [4.78, 5) is 22.0. The maximum absolute atomic E-state index is 12.7. The van der Waals surface area contributed by atoms with E-state index in [4.69, 9.17) is 11.6 Å². The van der Waals surface area contributed by atoms with Crippen molar-refractivity contribution in [2.24, 2.45) is 4.99 Å². The minimum atomic E-state index is -3.53. The van der Waals surface area contributed by atoms with Crippen LogP contribution in [0.4, 0.5) is 11.5 Å². The quantitative estimate of drug-likeness (QED) is 0.757. The van der Waals surface area contributed by atoms with Crippen molar-refractivity contribution in [3.8, 4) is 0 Å². The Hall–Kier alpha value is -2.55. The van der Waals surface area contributed by atoms with Crippen LogP contribution in [0, 0.1) is 0 Å². The lowest BCUT2D eigenvalue weighted by atomic mass is 10.2. The van der Waals surface area contributed by atoms with Gasteiger partial charge in [-0.05, 0) is 18.2 Å². The van der Waals surface area contributed by atoms with E-state index in [9.17, 15) is 13.2 Å². The van der Waals surface area contributed by atoms with E-state index < -0.39 is 15.7 Å². The summed E-state index contributed by atoms with van der Waals surface area (Å²) in [5.41, 5.74) is 1.09. The van der Waals surface area contributed by atoms with Gasteiger partial charge < -0.3 is 5.32 Å². The summed E-state index contributed by atoms with van der Waals surface area (Å²) in [7, 11) is -3.53. The first-order valence-corrected chi connectivity index (χ1v) is 9.82. The third kappa shape index (κ3) is 2.72. The second-order valence-electron chi connectivity index (χ2n) is 5.95. The number of benzene rings is 1. The number of pyridine rings is 1. The number of hydrogen-bond donors (Lipinski definition) is 2. The molecule has 7 nitrogen and oxygen atoms in total. The molecule has 2 aliphatic heterocycles. The molecule has 9 heteroatoms. The van der Waals surface area contributed by atoms with Crippen LogP contribution < -0.4 is 10.2 Å². The van der Waals surface area contributed by atoms with Gasteiger partial charge in [0.15, 0.2) is 26.9 Å². The van der Waals surface area contributed by atoms with Gasteiger partial charge >= 0.3 is 0 Å². The van der Waals surface area contributed by atoms with E-state index >= 15 is 0 Å². The zero-order valence-corrected chi connectivity index (χ0v) is 15.2. The van der Waals surface area contributed by atoms with E-state index in [1.807, 2.05) is 0 Å². The van der Waals surface area contributed by atoms with Crippen molar-refractivity contribution in [1.82, 2.24) is 4.98 Å². The molecule has 1 aromatic carbocycles. The minimum Gasteiger partial charge on any atom is -0.305 e. The number of halogens is 1. The average molecular weight is 390 g/mol. The molecule has 0 spiro atoms. The number of carbonyl (C=O) groups excluding carboxylic acids is 1. The number of para-hydroxylation sites is 1. The standard InChI is InChI=1S/C17H13ClN4O3S/c1-10-19-16(17(23)21-15-8-4-7-14(18)20-15)12-9-26(24,25)13-6-3-2-5-11(13)22(10)12/h2-8H,9H2,1H3,(H,20,21,23)/p+1.